The van der Waals surface area contributed by atoms with Gasteiger partial charge in [-0.25, -0.2) is 4.98 Å². The van der Waals surface area contributed by atoms with E-state index in [1.54, 1.807) is 0 Å². The third kappa shape index (κ3) is 2.05. The standard InChI is InChI=1S/C15H12Br2N2O/c1-7-3-5-9(6-4-7)15-19-13-11(17)12(18)10(16)8(2)14(13)20-15/h3-6H,18H2,1-2H3. The molecular weight excluding hydrogens is 384 g/mol. The van der Waals surface area contributed by atoms with Crippen molar-refractivity contribution in [3.63, 3.8) is 0 Å². The number of nitrogens with zero attached hydrogens (tertiary/aromatic N) is 1. The van der Waals surface area contributed by atoms with Gasteiger partial charge in [0.05, 0.1) is 10.2 Å². The van der Waals surface area contributed by atoms with Crippen molar-refractivity contribution >= 4 is 48.6 Å². The molecule has 102 valence electrons. The van der Waals surface area contributed by atoms with Crippen LogP contribution >= 0.6 is 31.9 Å². The van der Waals surface area contributed by atoms with E-state index in [2.05, 4.69) is 36.8 Å². The van der Waals surface area contributed by atoms with Gasteiger partial charge in [0.2, 0.25) is 5.89 Å². The van der Waals surface area contributed by atoms with Crippen LogP contribution in [-0.2, 0) is 0 Å². The zero-order valence-corrected chi connectivity index (χ0v) is 14.2. The first-order valence-corrected chi connectivity index (χ1v) is 7.68. The number of hydrogen-bond donors (Lipinski definition) is 1. The number of anilines is 1. The Balaban J connectivity index is 2.28. The number of fused-ring (bicyclic) bond motifs is 1. The van der Waals surface area contributed by atoms with Crippen LogP contribution in [0.15, 0.2) is 37.6 Å². The second kappa shape index (κ2) is 4.90. The van der Waals surface area contributed by atoms with E-state index in [9.17, 15) is 0 Å². The summed E-state index contributed by atoms with van der Waals surface area (Å²) in [6.45, 7) is 4.01. The number of nitrogens with two attached hydrogens (primary N) is 1. The van der Waals surface area contributed by atoms with Crippen molar-refractivity contribution in [3.8, 4) is 11.5 Å². The highest BCUT2D eigenvalue weighted by Crippen LogP contribution is 2.40. The molecule has 2 N–H and O–H groups in total. The molecule has 0 spiro atoms. The summed E-state index contributed by atoms with van der Waals surface area (Å²) in [4.78, 5) is 4.56. The van der Waals surface area contributed by atoms with Crippen LogP contribution in [0.1, 0.15) is 11.1 Å². The van der Waals surface area contributed by atoms with Crippen LogP contribution in [0.3, 0.4) is 0 Å². The number of hydrogen-bond acceptors (Lipinski definition) is 3. The summed E-state index contributed by atoms with van der Waals surface area (Å²) in [5, 5.41) is 0. The van der Waals surface area contributed by atoms with Crippen molar-refractivity contribution in [2.45, 2.75) is 13.8 Å². The van der Waals surface area contributed by atoms with E-state index in [1.165, 1.54) is 5.56 Å². The molecule has 0 aliphatic heterocycles. The van der Waals surface area contributed by atoms with Gasteiger partial charge >= 0.3 is 0 Å². The topological polar surface area (TPSA) is 52.0 Å². The highest BCUT2D eigenvalue weighted by Gasteiger charge is 2.18. The third-order valence-electron chi connectivity index (χ3n) is 3.28. The van der Waals surface area contributed by atoms with Crippen LogP contribution in [0.5, 0.6) is 0 Å². The maximum Gasteiger partial charge on any atom is 0.227 e. The average Bonchev–Trinajstić information content (AvgIpc) is 2.89. The summed E-state index contributed by atoms with van der Waals surface area (Å²) in [5.41, 5.74) is 11.3. The second-order valence-electron chi connectivity index (χ2n) is 4.73. The van der Waals surface area contributed by atoms with Gasteiger partial charge in [-0.05, 0) is 57.8 Å². The van der Waals surface area contributed by atoms with Crippen LogP contribution in [0.25, 0.3) is 22.6 Å². The van der Waals surface area contributed by atoms with Crippen LogP contribution in [0.4, 0.5) is 5.69 Å². The molecule has 0 atom stereocenters. The molecule has 3 aromatic rings. The predicted molar refractivity (Wildman–Crippen MR) is 88.7 cm³/mol. The molecule has 2 aromatic carbocycles. The van der Waals surface area contributed by atoms with Crippen molar-refractivity contribution in [3.05, 3.63) is 44.3 Å². The minimum atomic E-state index is 0.598. The highest BCUT2D eigenvalue weighted by atomic mass is 79.9. The minimum Gasteiger partial charge on any atom is -0.436 e. The van der Waals surface area contributed by atoms with E-state index < -0.39 is 0 Å². The van der Waals surface area contributed by atoms with E-state index in [0.717, 1.165) is 31.2 Å². The lowest BCUT2D eigenvalue weighted by molar-refractivity contribution is 0.617. The number of oxazole rings is 1. The van der Waals surface area contributed by atoms with Crippen molar-refractivity contribution in [2.24, 2.45) is 0 Å². The van der Waals surface area contributed by atoms with Gasteiger partial charge in [-0.15, -0.1) is 0 Å². The maximum atomic E-state index is 6.04. The van der Waals surface area contributed by atoms with Crippen molar-refractivity contribution in [2.75, 3.05) is 5.73 Å². The van der Waals surface area contributed by atoms with Crippen LogP contribution < -0.4 is 5.73 Å². The first kappa shape index (κ1) is 13.6. The number of rotatable bonds is 1. The third-order valence-corrected chi connectivity index (χ3v) is 5.10. The van der Waals surface area contributed by atoms with Gasteiger partial charge in [0, 0.05) is 15.6 Å². The molecule has 20 heavy (non-hydrogen) atoms. The molecule has 1 aromatic heterocycles. The summed E-state index contributed by atoms with van der Waals surface area (Å²) in [6, 6.07) is 8.08. The largest absolute Gasteiger partial charge is 0.436 e. The fraction of sp³-hybridized carbons (Fsp3) is 0.133. The van der Waals surface area contributed by atoms with Gasteiger partial charge in [-0.1, -0.05) is 17.7 Å². The predicted octanol–water partition coefficient (Wildman–Crippen LogP) is 5.22. The Morgan fingerprint density at radius 3 is 2.35 bits per heavy atom. The number of halogens is 2. The Labute approximate surface area is 133 Å². The molecule has 0 unspecified atom stereocenters. The molecular formula is C15H12Br2N2O. The monoisotopic (exact) mass is 394 g/mol. The summed E-state index contributed by atoms with van der Waals surface area (Å²) >= 11 is 6.97. The molecule has 3 nitrogen and oxygen atoms in total. The normalized spacial score (nSPS) is 11.2. The van der Waals surface area contributed by atoms with Gasteiger partial charge in [-0.3, -0.25) is 0 Å². The van der Waals surface area contributed by atoms with E-state index in [-0.39, 0.29) is 0 Å². The van der Waals surface area contributed by atoms with Gasteiger partial charge in [0.1, 0.15) is 5.52 Å². The molecule has 0 bridgehead atoms. The lowest BCUT2D eigenvalue weighted by Gasteiger charge is -2.05. The molecule has 0 aliphatic carbocycles. The summed E-state index contributed by atoms with van der Waals surface area (Å²) < 4.78 is 7.51. The van der Waals surface area contributed by atoms with Gasteiger partial charge in [0.15, 0.2) is 5.58 Å². The Morgan fingerprint density at radius 1 is 1.05 bits per heavy atom. The van der Waals surface area contributed by atoms with E-state index >= 15 is 0 Å². The Morgan fingerprint density at radius 2 is 1.70 bits per heavy atom. The van der Waals surface area contributed by atoms with Gasteiger partial charge < -0.3 is 10.2 Å². The molecule has 0 saturated carbocycles. The minimum absolute atomic E-state index is 0.598. The maximum absolute atomic E-state index is 6.04. The van der Waals surface area contributed by atoms with Crippen LogP contribution in [0.2, 0.25) is 0 Å². The summed E-state index contributed by atoms with van der Waals surface area (Å²) in [6.07, 6.45) is 0. The first-order valence-electron chi connectivity index (χ1n) is 6.09. The fourth-order valence-corrected chi connectivity index (χ4v) is 3.18. The van der Waals surface area contributed by atoms with Gasteiger partial charge in [0.25, 0.3) is 0 Å². The number of nitrogen functional groups attached to an aromatic ring is 1. The van der Waals surface area contributed by atoms with E-state index in [4.69, 9.17) is 10.2 Å². The molecule has 0 saturated heterocycles. The highest BCUT2D eigenvalue weighted by molar-refractivity contribution is 9.11. The Hall–Kier alpha value is -1.33. The number of aryl methyl sites for hydroxylation is 2. The Kier molecular flexibility index (Phi) is 3.34. The van der Waals surface area contributed by atoms with Crippen LogP contribution in [0, 0.1) is 13.8 Å². The molecule has 0 fully saturated rings. The number of benzene rings is 2. The van der Waals surface area contributed by atoms with E-state index in [0.29, 0.717) is 11.6 Å². The van der Waals surface area contributed by atoms with Crippen molar-refractivity contribution in [1.29, 1.82) is 0 Å². The second-order valence-corrected chi connectivity index (χ2v) is 6.32. The quantitative estimate of drug-likeness (QED) is 0.574. The summed E-state index contributed by atoms with van der Waals surface area (Å²) in [5.74, 6) is 0.598. The number of aromatic nitrogens is 1. The molecule has 3 rings (SSSR count). The smallest absolute Gasteiger partial charge is 0.227 e. The lowest BCUT2D eigenvalue weighted by atomic mass is 10.1. The molecule has 1 heterocycles. The molecule has 0 radical (unpaired) electrons. The molecule has 0 amide bonds. The van der Waals surface area contributed by atoms with Gasteiger partial charge in [-0.2, -0.15) is 0 Å². The Bertz CT molecular complexity index is 762. The first-order chi connectivity index (χ1) is 9.49. The lowest BCUT2D eigenvalue weighted by Crippen LogP contribution is -1.92. The molecule has 0 aliphatic rings. The zero-order valence-electron chi connectivity index (χ0n) is 11.0. The summed E-state index contributed by atoms with van der Waals surface area (Å²) in [7, 11) is 0. The van der Waals surface area contributed by atoms with Crippen molar-refractivity contribution in [1.82, 2.24) is 4.98 Å². The molecule has 5 heteroatoms. The van der Waals surface area contributed by atoms with Crippen molar-refractivity contribution < 1.29 is 4.42 Å². The fourth-order valence-electron chi connectivity index (χ4n) is 2.07. The zero-order chi connectivity index (χ0) is 14.4. The SMILES string of the molecule is Cc1ccc(-c2nc3c(Br)c(N)c(Br)c(C)c3o2)cc1. The van der Waals surface area contributed by atoms with E-state index in [1.807, 2.05) is 38.1 Å². The average molecular weight is 396 g/mol. The van der Waals surface area contributed by atoms with Crippen LogP contribution in [-0.4, -0.2) is 4.98 Å².